The van der Waals surface area contributed by atoms with Crippen LogP contribution >= 0.6 is 0 Å². The summed E-state index contributed by atoms with van der Waals surface area (Å²) in [5.74, 6) is 0.546. The van der Waals surface area contributed by atoms with Crippen LogP contribution in [-0.2, 0) is 16.1 Å². The van der Waals surface area contributed by atoms with Crippen molar-refractivity contribution in [3.63, 3.8) is 0 Å². The highest BCUT2D eigenvalue weighted by Crippen LogP contribution is 2.26. The van der Waals surface area contributed by atoms with E-state index in [1.54, 1.807) is 0 Å². The van der Waals surface area contributed by atoms with Crippen LogP contribution in [0.1, 0.15) is 57.7 Å². The van der Waals surface area contributed by atoms with Gasteiger partial charge in [0.1, 0.15) is 0 Å². The molecule has 27 heavy (non-hydrogen) atoms. The molecule has 0 bridgehead atoms. The number of carbonyl (C=O) groups is 2. The van der Waals surface area contributed by atoms with E-state index in [-0.39, 0.29) is 17.9 Å². The summed E-state index contributed by atoms with van der Waals surface area (Å²) in [5, 5.41) is 2.82. The Morgan fingerprint density at radius 2 is 1.70 bits per heavy atom. The van der Waals surface area contributed by atoms with Crippen molar-refractivity contribution in [3.8, 4) is 0 Å². The van der Waals surface area contributed by atoms with Crippen molar-refractivity contribution in [1.29, 1.82) is 0 Å². The van der Waals surface area contributed by atoms with Crippen LogP contribution in [0.4, 0.5) is 5.69 Å². The zero-order valence-corrected chi connectivity index (χ0v) is 16.7. The molecular formula is C23H30N2O2. The number of benzene rings is 2. The first kappa shape index (κ1) is 20.7. The highest BCUT2D eigenvalue weighted by Gasteiger charge is 2.22. The Morgan fingerprint density at radius 1 is 1.00 bits per heavy atom. The van der Waals surface area contributed by atoms with Gasteiger partial charge in [-0.1, -0.05) is 56.3 Å². The molecule has 2 rings (SSSR count). The standard InChI is InChI=1S/C23H30N2O2/c1-17(2)13-14-23(27)25(16-20-9-6-5-7-10-20)18(3)21-11-8-12-22(15-21)24-19(4)26/h5-12,15,17-18H,13-14,16H2,1-4H3,(H,24,26). The molecule has 1 N–H and O–H groups in total. The molecule has 2 aromatic carbocycles. The van der Waals surface area contributed by atoms with Gasteiger partial charge in [-0.3, -0.25) is 9.59 Å². The van der Waals surface area contributed by atoms with Gasteiger partial charge in [-0.25, -0.2) is 0 Å². The molecule has 0 aliphatic rings. The van der Waals surface area contributed by atoms with E-state index in [2.05, 4.69) is 19.2 Å². The summed E-state index contributed by atoms with van der Waals surface area (Å²) in [6.07, 6.45) is 1.42. The second-order valence-electron chi connectivity index (χ2n) is 7.42. The summed E-state index contributed by atoms with van der Waals surface area (Å²) in [7, 11) is 0. The normalized spacial score (nSPS) is 11.9. The van der Waals surface area contributed by atoms with E-state index in [1.807, 2.05) is 66.4 Å². The Morgan fingerprint density at radius 3 is 2.33 bits per heavy atom. The summed E-state index contributed by atoms with van der Waals surface area (Å²) >= 11 is 0. The van der Waals surface area contributed by atoms with Crippen molar-refractivity contribution in [1.82, 2.24) is 4.90 Å². The minimum absolute atomic E-state index is 0.0847. The summed E-state index contributed by atoms with van der Waals surface area (Å²) in [4.78, 5) is 26.3. The summed E-state index contributed by atoms with van der Waals surface area (Å²) < 4.78 is 0. The van der Waals surface area contributed by atoms with Crippen LogP contribution < -0.4 is 5.32 Å². The average molecular weight is 367 g/mol. The average Bonchev–Trinajstić information content (AvgIpc) is 2.64. The van der Waals surface area contributed by atoms with Gasteiger partial charge in [-0.05, 0) is 42.5 Å². The van der Waals surface area contributed by atoms with Crippen LogP contribution in [0, 0.1) is 5.92 Å². The molecule has 4 heteroatoms. The van der Waals surface area contributed by atoms with E-state index >= 15 is 0 Å². The molecule has 144 valence electrons. The van der Waals surface area contributed by atoms with Crippen molar-refractivity contribution >= 4 is 17.5 Å². The first-order valence-electron chi connectivity index (χ1n) is 9.57. The Bertz CT molecular complexity index is 756. The van der Waals surface area contributed by atoms with Crippen LogP contribution in [0.5, 0.6) is 0 Å². The molecule has 1 atom stereocenters. The molecule has 0 fully saturated rings. The largest absolute Gasteiger partial charge is 0.332 e. The molecule has 2 aromatic rings. The fourth-order valence-electron chi connectivity index (χ4n) is 3.04. The molecule has 0 aromatic heterocycles. The van der Waals surface area contributed by atoms with Gasteiger partial charge in [0.25, 0.3) is 0 Å². The van der Waals surface area contributed by atoms with Crippen molar-refractivity contribution in [2.24, 2.45) is 5.92 Å². The van der Waals surface area contributed by atoms with E-state index in [1.165, 1.54) is 6.92 Å². The van der Waals surface area contributed by atoms with Crippen molar-refractivity contribution in [3.05, 3.63) is 65.7 Å². The van der Waals surface area contributed by atoms with E-state index in [4.69, 9.17) is 0 Å². The third-order valence-corrected chi connectivity index (χ3v) is 4.61. The maximum Gasteiger partial charge on any atom is 0.223 e. The van der Waals surface area contributed by atoms with Crippen LogP contribution in [0.15, 0.2) is 54.6 Å². The molecular weight excluding hydrogens is 336 g/mol. The minimum atomic E-state index is -0.103. The van der Waals surface area contributed by atoms with Crippen molar-refractivity contribution in [2.45, 2.75) is 53.1 Å². The number of amides is 2. The monoisotopic (exact) mass is 366 g/mol. The number of anilines is 1. The van der Waals surface area contributed by atoms with E-state index in [0.29, 0.717) is 18.9 Å². The maximum absolute atomic E-state index is 13.0. The van der Waals surface area contributed by atoms with Gasteiger partial charge >= 0.3 is 0 Å². The third kappa shape index (κ3) is 6.55. The number of rotatable bonds is 8. The summed E-state index contributed by atoms with van der Waals surface area (Å²) in [6.45, 7) is 8.38. The van der Waals surface area contributed by atoms with Gasteiger partial charge < -0.3 is 10.2 Å². The number of carbonyl (C=O) groups excluding carboxylic acids is 2. The molecule has 0 spiro atoms. The highest BCUT2D eigenvalue weighted by atomic mass is 16.2. The quantitative estimate of drug-likeness (QED) is 0.700. The van der Waals surface area contributed by atoms with Gasteiger partial charge in [0.2, 0.25) is 11.8 Å². The molecule has 2 amide bonds. The van der Waals surface area contributed by atoms with Crippen molar-refractivity contribution in [2.75, 3.05) is 5.32 Å². The second kappa shape index (κ2) is 9.91. The number of hydrogen-bond acceptors (Lipinski definition) is 2. The van der Waals surface area contributed by atoms with E-state index in [0.717, 1.165) is 23.2 Å². The fraction of sp³-hybridized carbons (Fsp3) is 0.391. The topological polar surface area (TPSA) is 49.4 Å². The number of nitrogens with zero attached hydrogens (tertiary/aromatic N) is 1. The predicted octanol–water partition coefficient (Wildman–Crippen LogP) is 5.17. The Hall–Kier alpha value is -2.62. The second-order valence-corrected chi connectivity index (χ2v) is 7.42. The molecule has 1 unspecified atom stereocenters. The molecule has 0 saturated heterocycles. The lowest BCUT2D eigenvalue weighted by Gasteiger charge is -2.30. The van der Waals surface area contributed by atoms with Crippen LogP contribution in [-0.4, -0.2) is 16.7 Å². The SMILES string of the molecule is CC(=O)Nc1cccc(C(C)N(Cc2ccccc2)C(=O)CCC(C)C)c1. The fourth-order valence-corrected chi connectivity index (χ4v) is 3.04. The van der Waals surface area contributed by atoms with Gasteiger partial charge in [-0.15, -0.1) is 0 Å². The first-order valence-corrected chi connectivity index (χ1v) is 9.57. The number of hydrogen-bond donors (Lipinski definition) is 1. The van der Waals surface area contributed by atoms with Crippen LogP contribution in [0.3, 0.4) is 0 Å². The minimum Gasteiger partial charge on any atom is -0.332 e. The first-order chi connectivity index (χ1) is 12.9. The lowest BCUT2D eigenvalue weighted by molar-refractivity contribution is -0.134. The predicted molar refractivity (Wildman–Crippen MR) is 110 cm³/mol. The molecule has 0 heterocycles. The maximum atomic E-state index is 13.0. The van der Waals surface area contributed by atoms with Crippen LogP contribution in [0.25, 0.3) is 0 Å². The van der Waals surface area contributed by atoms with Gasteiger partial charge in [0, 0.05) is 25.6 Å². The molecule has 4 nitrogen and oxygen atoms in total. The zero-order chi connectivity index (χ0) is 19.8. The van der Waals surface area contributed by atoms with Gasteiger partial charge in [0.15, 0.2) is 0 Å². The molecule has 0 radical (unpaired) electrons. The van der Waals surface area contributed by atoms with Crippen LogP contribution in [0.2, 0.25) is 0 Å². The number of nitrogens with one attached hydrogen (secondary N) is 1. The third-order valence-electron chi connectivity index (χ3n) is 4.61. The lowest BCUT2D eigenvalue weighted by atomic mass is 10.0. The molecule has 0 saturated carbocycles. The molecule has 0 aliphatic heterocycles. The van der Waals surface area contributed by atoms with Gasteiger partial charge in [0.05, 0.1) is 6.04 Å². The lowest BCUT2D eigenvalue weighted by Crippen LogP contribution is -2.33. The van der Waals surface area contributed by atoms with Gasteiger partial charge in [-0.2, -0.15) is 0 Å². The Balaban J connectivity index is 2.25. The van der Waals surface area contributed by atoms with Crippen molar-refractivity contribution < 1.29 is 9.59 Å². The smallest absolute Gasteiger partial charge is 0.223 e. The highest BCUT2D eigenvalue weighted by molar-refractivity contribution is 5.88. The Labute approximate surface area is 162 Å². The Kier molecular flexibility index (Phi) is 7.59. The zero-order valence-electron chi connectivity index (χ0n) is 16.7. The summed E-state index contributed by atoms with van der Waals surface area (Å²) in [5.41, 5.74) is 2.87. The van der Waals surface area contributed by atoms with E-state index in [9.17, 15) is 9.59 Å². The molecule has 0 aliphatic carbocycles. The van der Waals surface area contributed by atoms with E-state index < -0.39 is 0 Å². The summed E-state index contributed by atoms with van der Waals surface area (Å²) in [6, 6.07) is 17.7.